The van der Waals surface area contributed by atoms with E-state index in [2.05, 4.69) is 19.7 Å². The summed E-state index contributed by atoms with van der Waals surface area (Å²) in [6, 6.07) is 0. The predicted octanol–water partition coefficient (Wildman–Crippen LogP) is -0.648. The van der Waals surface area contributed by atoms with Crippen LogP contribution in [0, 0.1) is 0 Å². The summed E-state index contributed by atoms with van der Waals surface area (Å²) in [5.74, 6) is -3.63. The summed E-state index contributed by atoms with van der Waals surface area (Å²) in [6.45, 7) is -0.715. The molecule has 0 amide bonds. The molecule has 2 aromatic rings. The van der Waals surface area contributed by atoms with E-state index in [1.807, 2.05) is 0 Å². The zero-order chi connectivity index (χ0) is 21.5. The van der Waals surface area contributed by atoms with Gasteiger partial charge in [-0.15, -0.1) is 0 Å². The topological polar surface area (TPSA) is 192 Å². The third-order valence-corrected chi connectivity index (χ3v) is 5.26. The number of imidazole rings is 1. The molecule has 0 radical (unpaired) electrons. The number of carbonyl (C=O) groups is 1. The average molecular weight is 456 g/mol. The highest BCUT2D eigenvalue weighted by molar-refractivity contribution is 7.53. The van der Waals surface area contributed by atoms with Gasteiger partial charge in [0.1, 0.15) is 17.7 Å². The van der Waals surface area contributed by atoms with E-state index in [9.17, 15) is 28.6 Å². The van der Waals surface area contributed by atoms with Crippen LogP contribution >= 0.6 is 19.2 Å². The smallest absolute Gasteiger partial charge is 0.365 e. The number of halogens is 2. The Morgan fingerprint density at radius 1 is 1.52 bits per heavy atom. The number of esters is 1. The number of nitrogens with zero attached hydrogens (tertiary/aromatic N) is 4. The number of ether oxygens (including phenoxy) is 3. The quantitative estimate of drug-likeness (QED) is 0.245. The number of aliphatic hydroxyl groups is 1. The molecule has 0 aliphatic carbocycles. The van der Waals surface area contributed by atoms with E-state index >= 15 is 0 Å². The van der Waals surface area contributed by atoms with Crippen molar-refractivity contribution in [3.05, 3.63) is 11.6 Å². The van der Waals surface area contributed by atoms with Crippen molar-refractivity contribution in [3.8, 4) is 0 Å². The van der Waals surface area contributed by atoms with Gasteiger partial charge in [0.2, 0.25) is 5.28 Å². The maximum Gasteiger partial charge on any atom is 0.365 e. The second kappa shape index (κ2) is 8.07. The normalized spacial score (nSPS) is 26.0. The van der Waals surface area contributed by atoms with Gasteiger partial charge in [-0.25, -0.2) is 14.2 Å². The third-order valence-electron chi connectivity index (χ3n) is 4.12. The molecule has 29 heavy (non-hydrogen) atoms. The number of aliphatic hydroxyl groups excluding tert-OH is 1. The number of anilines is 1. The summed E-state index contributed by atoms with van der Waals surface area (Å²) in [5, 5.41) is 9.90. The maximum absolute atomic E-state index is 14.7. The standard InChI is InChI=1S/C13H16ClFN5O8P/c1-26-11(22)12(29(23,24)25)27-2-4-7(21)5(15)10(28-4)20-3-17-6-8(16)18-13(14)19-9(6)20/h3-5,7,10,12,21H,2H2,1H3,(H2,16,18,19)(H2,23,24,25)/t4-,5+,7-,10-,12+/m1/s1. The molecular formula is C13H16ClFN5O8P. The summed E-state index contributed by atoms with van der Waals surface area (Å²) < 4.78 is 41.8. The van der Waals surface area contributed by atoms with Gasteiger partial charge >= 0.3 is 13.6 Å². The van der Waals surface area contributed by atoms with E-state index in [1.165, 1.54) is 0 Å². The SMILES string of the molecule is COC(=O)[C@@H](OC[C@H]1O[C@@H](n2cnc3c(N)nc(Cl)nc32)[C@@H](F)[C@@H]1O)P(=O)(O)O. The van der Waals surface area contributed by atoms with Crippen LogP contribution in [0.1, 0.15) is 6.23 Å². The van der Waals surface area contributed by atoms with Crippen molar-refractivity contribution in [2.24, 2.45) is 0 Å². The lowest BCUT2D eigenvalue weighted by atomic mass is 10.1. The summed E-state index contributed by atoms with van der Waals surface area (Å²) in [6.07, 6.45) is -5.39. The van der Waals surface area contributed by atoms with Crippen LogP contribution in [-0.2, 0) is 23.6 Å². The van der Waals surface area contributed by atoms with E-state index in [-0.39, 0.29) is 22.3 Å². The Balaban J connectivity index is 1.81. The van der Waals surface area contributed by atoms with Gasteiger partial charge in [-0.05, 0) is 11.6 Å². The molecule has 1 aliphatic rings. The van der Waals surface area contributed by atoms with Crippen molar-refractivity contribution >= 4 is 42.1 Å². The van der Waals surface area contributed by atoms with Crippen LogP contribution in [0.4, 0.5) is 10.2 Å². The Hall–Kier alpha value is -1.93. The number of nitrogens with two attached hydrogens (primary N) is 1. The number of rotatable bonds is 6. The zero-order valence-electron chi connectivity index (χ0n) is 14.6. The largest absolute Gasteiger partial charge is 0.467 e. The highest BCUT2D eigenvalue weighted by Crippen LogP contribution is 2.43. The highest BCUT2D eigenvalue weighted by atomic mass is 35.5. The zero-order valence-corrected chi connectivity index (χ0v) is 16.3. The van der Waals surface area contributed by atoms with Gasteiger partial charge in [-0.1, -0.05) is 0 Å². The van der Waals surface area contributed by atoms with Gasteiger partial charge in [0.15, 0.2) is 23.9 Å². The number of nitrogen functional groups attached to an aromatic ring is 1. The van der Waals surface area contributed by atoms with Crippen molar-refractivity contribution in [2.45, 2.75) is 30.5 Å². The van der Waals surface area contributed by atoms with E-state index < -0.39 is 50.6 Å². The molecule has 3 heterocycles. The van der Waals surface area contributed by atoms with Crippen molar-refractivity contribution < 1.29 is 42.9 Å². The first-order chi connectivity index (χ1) is 13.5. The Kier molecular flexibility index (Phi) is 6.06. The monoisotopic (exact) mass is 455 g/mol. The van der Waals surface area contributed by atoms with Gasteiger partial charge in [0, 0.05) is 0 Å². The van der Waals surface area contributed by atoms with Gasteiger partial charge in [-0.3, -0.25) is 9.13 Å². The van der Waals surface area contributed by atoms with Crippen molar-refractivity contribution in [2.75, 3.05) is 19.5 Å². The Morgan fingerprint density at radius 2 is 2.21 bits per heavy atom. The molecule has 1 aliphatic heterocycles. The van der Waals surface area contributed by atoms with Crippen molar-refractivity contribution in [1.82, 2.24) is 19.5 Å². The molecule has 5 N–H and O–H groups in total. The fraction of sp³-hybridized carbons (Fsp3) is 0.538. The van der Waals surface area contributed by atoms with Crippen LogP contribution in [0.2, 0.25) is 5.28 Å². The molecule has 160 valence electrons. The number of aromatic nitrogens is 4. The lowest BCUT2D eigenvalue weighted by Crippen LogP contribution is -2.35. The van der Waals surface area contributed by atoms with Crippen LogP contribution < -0.4 is 5.73 Å². The number of methoxy groups -OCH3 is 1. The first kappa shape index (κ1) is 21.8. The van der Waals surface area contributed by atoms with E-state index in [1.54, 1.807) is 0 Å². The minimum atomic E-state index is -5.04. The molecule has 3 rings (SSSR count). The molecule has 0 bridgehead atoms. The first-order valence-electron chi connectivity index (χ1n) is 7.92. The lowest BCUT2D eigenvalue weighted by Gasteiger charge is -2.20. The fourth-order valence-corrected chi connectivity index (χ4v) is 3.58. The number of hydrogen-bond donors (Lipinski definition) is 4. The first-order valence-corrected chi connectivity index (χ1v) is 9.98. The molecule has 0 aromatic carbocycles. The summed E-state index contributed by atoms with van der Waals surface area (Å²) in [4.78, 5) is 41.5. The molecule has 0 unspecified atom stereocenters. The predicted molar refractivity (Wildman–Crippen MR) is 93.4 cm³/mol. The van der Waals surface area contributed by atoms with Crippen molar-refractivity contribution in [1.29, 1.82) is 0 Å². The lowest BCUT2D eigenvalue weighted by molar-refractivity contribution is -0.152. The third kappa shape index (κ3) is 4.19. The molecule has 2 aromatic heterocycles. The van der Waals surface area contributed by atoms with E-state index in [4.69, 9.17) is 26.8 Å². The molecular weight excluding hydrogens is 440 g/mol. The molecule has 5 atom stereocenters. The molecule has 0 spiro atoms. The molecule has 16 heteroatoms. The summed E-state index contributed by atoms with van der Waals surface area (Å²) >= 11 is 5.76. The Labute approximate surface area is 166 Å². The number of hydrogen-bond acceptors (Lipinski definition) is 10. The summed E-state index contributed by atoms with van der Waals surface area (Å²) in [5.41, 5.74) is 5.87. The maximum atomic E-state index is 14.7. The van der Waals surface area contributed by atoms with Gasteiger partial charge in [0.25, 0.3) is 5.85 Å². The van der Waals surface area contributed by atoms with E-state index in [0.717, 1.165) is 18.0 Å². The molecule has 1 saturated heterocycles. The van der Waals surface area contributed by atoms with Gasteiger partial charge in [-0.2, -0.15) is 9.97 Å². The van der Waals surface area contributed by atoms with Crippen LogP contribution in [0.15, 0.2) is 6.33 Å². The summed E-state index contributed by atoms with van der Waals surface area (Å²) in [7, 11) is -4.13. The number of fused-ring (bicyclic) bond motifs is 1. The van der Waals surface area contributed by atoms with Gasteiger partial charge in [0.05, 0.1) is 20.0 Å². The second-order valence-corrected chi connectivity index (χ2v) is 7.99. The Morgan fingerprint density at radius 3 is 2.83 bits per heavy atom. The minimum Gasteiger partial charge on any atom is -0.467 e. The molecule has 0 saturated carbocycles. The van der Waals surface area contributed by atoms with Crippen LogP contribution in [0.3, 0.4) is 0 Å². The van der Waals surface area contributed by atoms with Gasteiger partial charge < -0.3 is 34.8 Å². The van der Waals surface area contributed by atoms with E-state index in [0.29, 0.717) is 0 Å². The average Bonchev–Trinajstić information content (AvgIpc) is 3.16. The number of carbonyl (C=O) groups excluding carboxylic acids is 1. The second-order valence-electron chi connectivity index (χ2n) is 6.00. The molecule has 1 fully saturated rings. The highest BCUT2D eigenvalue weighted by Gasteiger charge is 2.47. The van der Waals surface area contributed by atoms with Crippen LogP contribution in [-0.4, -0.2) is 78.3 Å². The minimum absolute atomic E-state index is 0.0462. The Bertz CT molecular complexity index is 972. The fourth-order valence-electron chi connectivity index (χ4n) is 2.75. The molecule has 13 nitrogen and oxygen atoms in total. The van der Waals surface area contributed by atoms with Crippen molar-refractivity contribution in [3.63, 3.8) is 0 Å². The van der Waals surface area contributed by atoms with Crippen LogP contribution in [0.5, 0.6) is 0 Å². The van der Waals surface area contributed by atoms with Crippen LogP contribution in [0.25, 0.3) is 11.2 Å². The number of alkyl halides is 1.